The molecule has 1 heterocycles. The van der Waals surface area contributed by atoms with Crippen LogP contribution < -0.4 is 0 Å². The predicted octanol–water partition coefficient (Wildman–Crippen LogP) is -1.74. The number of ketones is 4. The van der Waals surface area contributed by atoms with Crippen molar-refractivity contribution < 1.29 is 111 Å². The molecule has 0 saturated carbocycles. The molecule has 0 amide bonds. The molecule has 17 N–H and O–H groups in total. The molecule has 1 saturated heterocycles. The van der Waals surface area contributed by atoms with E-state index in [9.17, 15) is 106 Å². The lowest BCUT2D eigenvalue weighted by Crippen LogP contribution is -2.84. The molecule has 6 atom stereocenters. The SMILES string of the molecule is O=C(c1cc(O)c(O)c(O)c1)C(O)[C@H]1O[C@](O)(C(=O)c2cc(O)c(O)c(O)c2)[C@@](O)(C(=O)c2cc(O)c(O)c(O)c2)[C@@H](O)[C@@]1(O)C(=O)c1cc(O)c(O)c(O)c1. The van der Waals surface area contributed by atoms with Gasteiger partial charge in [-0.15, -0.1) is 0 Å². The minimum Gasteiger partial charge on any atom is -0.504 e. The van der Waals surface area contributed by atoms with Crippen LogP contribution in [0.2, 0.25) is 0 Å². The smallest absolute Gasteiger partial charge is 0.272 e. The maximum atomic E-state index is 14.2. The fourth-order valence-corrected chi connectivity index (χ4v) is 5.99. The van der Waals surface area contributed by atoms with Gasteiger partial charge in [0.25, 0.3) is 5.79 Å². The molecular formula is C34H28O22. The zero-order valence-corrected chi connectivity index (χ0v) is 27.5. The molecule has 0 aromatic heterocycles. The van der Waals surface area contributed by atoms with E-state index in [0.717, 1.165) is 0 Å². The van der Waals surface area contributed by atoms with Gasteiger partial charge in [-0.1, -0.05) is 0 Å². The molecular weight excluding hydrogens is 760 g/mol. The summed E-state index contributed by atoms with van der Waals surface area (Å²) in [4.78, 5) is 56.3. The van der Waals surface area contributed by atoms with E-state index in [1.54, 1.807) is 0 Å². The van der Waals surface area contributed by atoms with E-state index >= 15 is 0 Å². The standard InChI is InChI=1S/C34H28O22/c35-13-1-9(2-14(36)22(13)44)21(43)26(48)30-32(53,27(49)10-3-15(37)23(45)16(38)4-10)31(52)33(54,28(50)11-5-17(39)24(46)18(40)6-11)34(55,56-30)29(51)12-7-19(41)25(47)20(42)8-12/h1-8,26,30-31,35-42,44-48,52-55H/t26?,30-,31+,32-,33-,34-/m1/s1. The van der Waals surface area contributed by atoms with Crippen molar-refractivity contribution in [2.24, 2.45) is 0 Å². The van der Waals surface area contributed by atoms with Crippen LogP contribution in [0.15, 0.2) is 48.5 Å². The van der Waals surface area contributed by atoms with E-state index in [2.05, 4.69) is 0 Å². The number of aliphatic hydroxyl groups excluding tert-OH is 2. The molecule has 0 spiro atoms. The van der Waals surface area contributed by atoms with Gasteiger partial charge in [-0.2, -0.15) is 0 Å². The molecule has 296 valence electrons. The van der Waals surface area contributed by atoms with E-state index in [-0.39, 0.29) is 36.4 Å². The van der Waals surface area contributed by atoms with Gasteiger partial charge in [-0.3, -0.25) is 19.2 Å². The van der Waals surface area contributed by atoms with Gasteiger partial charge in [-0.25, -0.2) is 0 Å². The Labute approximate surface area is 309 Å². The Kier molecular flexibility index (Phi) is 9.56. The zero-order valence-electron chi connectivity index (χ0n) is 27.5. The number of ether oxygens (including phenoxy) is 1. The number of Topliss-reactive ketones (excluding diaryl/α,β-unsaturated/α-hetero) is 4. The van der Waals surface area contributed by atoms with E-state index in [0.29, 0.717) is 12.1 Å². The number of hydrogen-bond donors (Lipinski definition) is 17. The molecule has 1 unspecified atom stereocenters. The second kappa shape index (κ2) is 13.3. The molecule has 1 aliphatic rings. The molecule has 0 radical (unpaired) electrons. The molecule has 1 fully saturated rings. The lowest BCUT2D eigenvalue weighted by Gasteiger charge is -2.56. The fourth-order valence-electron chi connectivity index (χ4n) is 5.99. The van der Waals surface area contributed by atoms with Crippen LogP contribution in [0.1, 0.15) is 41.4 Å². The largest absolute Gasteiger partial charge is 0.504 e. The van der Waals surface area contributed by atoms with Crippen molar-refractivity contribution in [2.75, 3.05) is 0 Å². The zero-order chi connectivity index (χ0) is 42.1. The number of rotatable bonds is 9. The van der Waals surface area contributed by atoms with Gasteiger partial charge in [0.1, 0.15) is 18.3 Å². The summed E-state index contributed by atoms with van der Waals surface area (Å²) in [7, 11) is 0. The Morgan fingerprint density at radius 2 is 0.768 bits per heavy atom. The highest BCUT2D eigenvalue weighted by molar-refractivity contribution is 6.15. The van der Waals surface area contributed by atoms with E-state index in [4.69, 9.17) is 4.74 Å². The van der Waals surface area contributed by atoms with Crippen LogP contribution in [0.3, 0.4) is 0 Å². The van der Waals surface area contributed by atoms with Crippen LogP contribution in [0, 0.1) is 0 Å². The van der Waals surface area contributed by atoms with Gasteiger partial charge < -0.3 is 91.5 Å². The average molecular weight is 789 g/mol. The van der Waals surface area contributed by atoms with Crippen molar-refractivity contribution in [1.82, 2.24) is 0 Å². The molecule has 22 heteroatoms. The highest BCUT2D eigenvalue weighted by atomic mass is 16.7. The van der Waals surface area contributed by atoms with Gasteiger partial charge in [0, 0.05) is 22.3 Å². The Hall–Kier alpha value is -7.08. The van der Waals surface area contributed by atoms with Crippen LogP contribution in [-0.2, 0) is 4.74 Å². The molecule has 0 bridgehead atoms. The summed E-state index contributed by atoms with van der Waals surface area (Å²) < 4.78 is 5.23. The molecule has 22 nitrogen and oxygen atoms in total. The number of hydrogen-bond acceptors (Lipinski definition) is 22. The Balaban J connectivity index is 1.85. The van der Waals surface area contributed by atoms with Crippen LogP contribution in [0.25, 0.3) is 0 Å². The summed E-state index contributed by atoms with van der Waals surface area (Å²) in [6, 6.07) is 2.37. The molecule has 1 aliphatic heterocycles. The third kappa shape index (κ3) is 5.77. The van der Waals surface area contributed by atoms with Gasteiger partial charge in [0.15, 0.2) is 86.2 Å². The summed E-state index contributed by atoms with van der Waals surface area (Å²) in [5, 5.41) is 180. The Morgan fingerprint density at radius 1 is 0.482 bits per heavy atom. The molecule has 4 aromatic rings. The van der Waals surface area contributed by atoms with E-state index < -0.39 is 150 Å². The average Bonchev–Trinajstić information content (AvgIpc) is 3.15. The summed E-state index contributed by atoms with van der Waals surface area (Å²) in [6.07, 6.45) is -10.5. The lowest BCUT2D eigenvalue weighted by molar-refractivity contribution is -0.364. The Morgan fingerprint density at radius 3 is 1.11 bits per heavy atom. The first-order valence-electron chi connectivity index (χ1n) is 15.2. The highest BCUT2D eigenvalue weighted by Gasteiger charge is 2.78. The van der Waals surface area contributed by atoms with Crippen molar-refractivity contribution in [3.63, 3.8) is 0 Å². The highest BCUT2D eigenvalue weighted by Crippen LogP contribution is 2.50. The van der Waals surface area contributed by atoms with Crippen molar-refractivity contribution in [1.29, 1.82) is 0 Å². The fraction of sp³-hybridized carbons (Fsp3) is 0.176. The van der Waals surface area contributed by atoms with E-state index in [1.165, 1.54) is 0 Å². The van der Waals surface area contributed by atoms with E-state index in [1.807, 2.05) is 0 Å². The van der Waals surface area contributed by atoms with Crippen molar-refractivity contribution >= 4 is 23.1 Å². The first-order valence-corrected chi connectivity index (χ1v) is 15.2. The number of carbonyl (C=O) groups excluding carboxylic acids is 4. The maximum absolute atomic E-state index is 14.2. The second-order valence-electron chi connectivity index (χ2n) is 12.4. The molecule has 0 aliphatic carbocycles. The van der Waals surface area contributed by atoms with Crippen molar-refractivity contribution in [3.05, 3.63) is 70.8 Å². The third-order valence-electron chi connectivity index (χ3n) is 8.98. The number of benzene rings is 4. The van der Waals surface area contributed by atoms with Crippen LogP contribution in [0.5, 0.6) is 69.0 Å². The van der Waals surface area contributed by atoms with Gasteiger partial charge in [0.05, 0.1) is 0 Å². The molecule has 4 aromatic carbocycles. The normalized spacial score (nSPS) is 23.9. The number of carbonyl (C=O) groups is 4. The minimum absolute atomic E-state index is 0.246. The van der Waals surface area contributed by atoms with Crippen LogP contribution in [-0.4, -0.2) is 145 Å². The maximum Gasteiger partial charge on any atom is 0.272 e. The number of aromatic hydroxyl groups is 12. The first-order chi connectivity index (χ1) is 25.8. The number of phenolic OH excluding ortho intramolecular Hbond substituents is 12. The monoisotopic (exact) mass is 788 g/mol. The van der Waals surface area contributed by atoms with Crippen LogP contribution in [0.4, 0.5) is 0 Å². The Bertz CT molecular complexity index is 2260. The topological polar surface area (TPSA) is 421 Å². The van der Waals surface area contributed by atoms with Gasteiger partial charge >= 0.3 is 0 Å². The third-order valence-corrected chi connectivity index (χ3v) is 8.98. The lowest BCUT2D eigenvalue weighted by atomic mass is 9.64. The number of aliphatic hydroxyl groups is 5. The molecule has 56 heavy (non-hydrogen) atoms. The minimum atomic E-state index is -4.64. The van der Waals surface area contributed by atoms with Crippen molar-refractivity contribution in [3.8, 4) is 69.0 Å². The van der Waals surface area contributed by atoms with Gasteiger partial charge in [0.2, 0.25) is 17.2 Å². The number of phenols is 12. The summed E-state index contributed by atoms with van der Waals surface area (Å²) in [5.41, 5.74) is -13.7. The van der Waals surface area contributed by atoms with Gasteiger partial charge in [-0.05, 0) is 48.5 Å². The summed E-state index contributed by atoms with van der Waals surface area (Å²) in [5.74, 6) is -28.6. The quantitative estimate of drug-likeness (QED) is 0.0660. The molecule has 5 rings (SSSR count). The van der Waals surface area contributed by atoms with Crippen molar-refractivity contribution in [2.45, 2.75) is 35.3 Å². The second-order valence-corrected chi connectivity index (χ2v) is 12.4. The van der Waals surface area contributed by atoms with Crippen LogP contribution >= 0.6 is 0 Å². The predicted molar refractivity (Wildman–Crippen MR) is 175 cm³/mol. The summed E-state index contributed by atoms with van der Waals surface area (Å²) in [6.45, 7) is 0. The first kappa shape index (κ1) is 40.1. The summed E-state index contributed by atoms with van der Waals surface area (Å²) >= 11 is 0.